The van der Waals surface area contributed by atoms with Crippen LogP contribution < -0.4 is 10.6 Å². The number of amides is 2. The van der Waals surface area contributed by atoms with Gasteiger partial charge in [-0.1, -0.05) is 35.9 Å². The largest absolute Gasteiger partial charge is 0.386 e. The van der Waals surface area contributed by atoms with Crippen LogP contribution in [-0.4, -0.2) is 24.0 Å². The first-order valence-corrected chi connectivity index (χ1v) is 8.25. The van der Waals surface area contributed by atoms with Gasteiger partial charge in [-0.05, 0) is 47.9 Å². The lowest BCUT2D eigenvalue weighted by molar-refractivity contribution is 0.217. The predicted octanol–water partition coefficient (Wildman–Crippen LogP) is 4.34. The second-order valence-corrected chi connectivity index (χ2v) is 6.30. The molecule has 0 aliphatic carbocycles. The summed E-state index contributed by atoms with van der Waals surface area (Å²) in [4.78, 5) is 14.2. The van der Waals surface area contributed by atoms with Crippen molar-refractivity contribution in [2.45, 2.75) is 19.5 Å². The van der Waals surface area contributed by atoms with Gasteiger partial charge in [0.15, 0.2) is 0 Å². The number of fused-ring (bicyclic) bond motifs is 1. The maximum atomic E-state index is 12.5. The normalized spacial score (nSPS) is 14.0. The first-order chi connectivity index (χ1) is 11.6. The third-order valence-electron chi connectivity index (χ3n) is 4.33. The van der Waals surface area contributed by atoms with Gasteiger partial charge in [0, 0.05) is 30.5 Å². The molecule has 3 rings (SSSR count). The number of rotatable bonds is 3. The maximum Gasteiger partial charge on any atom is 0.322 e. The van der Waals surface area contributed by atoms with Gasteiger partial charge in [0.2, 0.25) is 0 Å². The number of carbonyl (C=O) groups excluding carboxylic acids is 1. The van der Waals surface area contributed by atoms with Crippen LogP contribution in [0.1, 0.15) is 18.1 Å². The Bertz CT molecular complexity index is 770. The fourth-order valence-electron chi connectivity index (χ4n) is 2.78. The van der Waals surface area contributed by atoms with Crippen LogP contribution in [0, 0.1) is 0 Å². The number of benzene rings is 2. The van der Waals surface area contributed by atoms with Crippen LogP contribution in [0.15, 0.2) is 54.7 Å². The summed E-state index contributed by atoms with van der Waals surface area (Å²) in [6, 6.07) is 15.1. The van der Waals surface area contributed by atoms with E-state index in [2.05, 4.69) is 22.8 Å². The molecule has 0 bridgehead atoms. The minimum Gasteiger partial charge on any atom is -0.386 e. The molecule has 0 aromatic heterocycles. The van der Waals surface area contributed by atoms with Crippen molar-refractivity contribution in [3.8, 4) is 0 Å². The molecule has 5 heteroatoms. The first kappa shape index (κ1) is 16.4. The van der Waals surface area contributed by atoms with Gasteiger partial charge in [-0.15, -0.1) is 0 Å². The number of hydrogen-bond donors (Lipinski definition) is 2. The Morgan fingerprint density at radius 1 is 1.21 bits per heavy atom. The molecule has 2 aromatic rings. The van der Waals surface area contributed by atoms with Crippen LogP contribution in [0.5, 0.6) is 0 Å². The van der Waals surface area contributed by atoms with E-state index >= 15 is 0 Å². The molecule has 2 aromatic carbocycles. The van der Waals surface area contributed by atoms with Crippen LogP contribution in [0.2, 0.25) is 5.02 Å². The van der Waals surface area contributed by atoms with E-state index in [0.29, 0.717) is 5.02 Å². The van der Waals surface area contributed by atoms with Crippen LogP contribution in [0.25, 0.3) is 5.57 Å². The van der Waals surface area contributed by atoms with Crippen molar-refractivity contribution in [3.05, 3.63) is 70.9 Å². The summed E-state index contributed by atoms with van der Waals surface area (Å²) in [6.45, 7) is 2.84. The lowest BCUT2D eigenvalue weighted by atomic mass is 9.93. The van der Waals surface area contributed by atoms with Crippen LogP contribution >= 0.6 is 11.6 Å². The van der Waals surface area contributed by atoms with Crippen molar-refractivity contribution in [1.82, 2.24) is 10.2 Å². The Morgan fingerprint density at radius 3 is 2.67 bits per heavy atom. The zero-order valence-electron chi connectivity index (χ0n) is 13.7. The molecule has 0 saturated heterocycles. The highest BCUT2D eigenvalue weighted by Gasteiger charge is 2.23. The molecule has 0 unspecified atom stereocenters. The Morgan fingerprint density at radius 2 is 1.92 bits per heavy atom. The summed E-state index contributed by atoms with van der Waals surface area (Å²) < 4.78 is 0. The first-order valence-electron chi connectivity index (χ1n) is 7.87. The standard InChI is InChI=1S/C19H20ClN3O/c1-13(18-12-21-11-14-5-3-4-6-17(14)18)23(2)19(24)22-16-9-7-15(20)8-10-16/h3-10,12-13,21H,11H2,1-2H3,(H,22,24)/t13-/m1/s1. The third kappa shape index (κ3) is 3.39. The number of halogens is 1. The second kappa shape index (κ2) is 6.97. The van der Waals surface area contributed by atoms with Gasteiger partial charge in [0.25, 0.3) is 0 Å². The van der Waals surface area contributed by atoms with Gasteiger partial charge in [-0.3, -0.25) is 0 Å². The summed E-state index contributed by atoms with van der Waals surface area (Å²) in [5.41, 5.74) is 4.26. The molecule has 24 heavy (non-hydrogen) atoms. The SMILES string of the molecule is C[C@H](C1=CNCc2ccccc21)N(C)C(=O)Nc1ccc(Cl)cc1. The average Bonchev–Trinajstić information content (AvgIpc) is 2.62. The quantitative estimate of drug-likeness (QED) is 0.872. The molecule has 4 nitrogen and oxygen atoms in total. The van der Waals surface area contributed by atoms with Crippen molar-refractivity contribution in [2.75, 3.05) is 12.4 Å². The summed E-state index contributed by atoms with van der Waals surface area (Å²) in [5.74, 6) is 0. The number of carbonyl (C=O) groups is 1. The average molecular weight is 342 g/mol. The number of urea groups is 1. The van der Waals surface area contributed by atoms with E-state index in [1.165, 1.54) is 11.1 Å². The number of nitrogens with one attached hydrogen (secondary N) is 2. The molecule has 1 aliphatic heterocycles. The fourth-order valence-corrected chi connectivity index (χ4v) is 2.91. The number of anilines is 1. The Hall–Kier alpha value is -2.46. The van der Waals surface area contributed by atoms with Gasteiger partial charge in [0.1, 0.15) is 0 Å². The summed E-state index contributed by atoms with van der Waals surface area (Å²) >= 11 is 5.87. The number of nitrogens with zero attached hydrogens (tertiary/aromatic N) is 1. The topological polar surface area (TPSA) is 44.4 Å². The predicted molar refractivity (Wildman–Crippen MR) is 99.0 cm³/mol. The van der Waals surface area contributed by atoms with Gasteiger partial charge in [-0.25, -0.2) is 4.79 Å². The van der Waals surface area contributed by atoms with Crippen LogP contribution in [0.3, 0.4) is 0 Å². The molecule has 2 N–H and O–H groups in total. The molecule has 1 aliphatic rings. The van der Waals surface area contributed by atoms with E-state index in [0.717, 1.165) is 17.8 Å². The number of likely N-dealkylation sites (N-methyl/N-ethyl adjacent to an activating group) is 1. The lowest BCUT2D eigenvalue weighted by Crippen LogP contribution is -2.40. The van der Waals surface area contributed by atoms with Gasteiger partial charge < -0.3 is 15.5 Å². The van der Waals surface area contributed by atoms with E-state index in [-0.39, 0.29) is 12.1 Å². The molecule has 1 atom stereocenters. The molecule has 0 spiro atoms. The molecule has 124 valence electrons. The highest BCUT2D eigenvalue weighted by Crippen LogP contribution is 2.27. The van der Waals surface area contributed by atoms with Crippen molar-refractivity contribution in [1.29, 1.82) is 0 Å². The van der Waals surface area contributed by atoms with Crippen molar-refractivity contribution >= 4 is 28.9 Å². The molecule has 0 saturated carbocycles. The lowest BCUT2D eigenvalue weighted by Gasteiger charge is -2.30. The van der Waals surface area contributed by atoms with Crippen LogP contribution in [0.4, 0.5) is 10.5 Å². The highest BCUT2D eigenvalue weighted by atomic mass is 35.5. The molecule has 1 heterocycles. The third-order valence-corrected chi connectivity index (χ3v) is 4.58. The Kier molecular flexibility index (Phi) is 4.76. The Balaban J connectivity index is 1.74. The number of hydrogen-bond acceptors (Lipinski definition) is 2. The van der Waals surface area contributed by atoms with E-state index in [1.807, 2.05) is 25.3 Å². The van der Waals surface area contributed by atoms with Crippen molar-refractivity contribution < 1.29 is 4.79 Å². The summed E-state index contributed by atoms with van der Waals surface area (Å²) in [7, 11) is 1.80. The van der Waals surface area contributed by atoms with Crippen molar-refractivity contribution in [3.63, 3.8) is 0 Å². The Labute approximate surface area is 147 Å². The van der Waals surface area contributed by atoms with Gasteiger partial charge >= 0.3 is 6.03 Å². The highest BCUT2D eigenvalue weighted by molar-refractivity contribution is 6.30. The smallest absolute Gasteiger partial charge is 0.322 e. The molecular formula is C19H20ClN3O. The maximum absolute atomic E-state index is 12.5. The van der Waals surface area contributed by atoms with Gasteiger partial charge in [-0.2, -0.15) is 0 Å². The molecule has 2 amide bonds. The minimum absolute atomic E-state index is 0.0637. The summed E-state index contributed by atoms with van der Waals surface area (Å²) in [6.07, 6.45) is 2.00. The van der Waals surface area contributed by atoms with Crippen LogP contribution in [-0.2, 0) is 6.54 Å². The molecule has 0 radical (unpaired) electrons. The molecule has 0 fully saturated rings. The zero-order chi connectivity index (χ0) is 17.1. The van der Waals surface area contributed by atoms with E-state index in [4.69, 9.17) is 11.6 Å². The minimum atomic E-state index is -0.159. The van der Waals surface area contributed by atoms with E-state index < -0.39 is 0 Å². The molecular weight excluding hydrogens is 322 g/mol. The van der Waals surface area contributed by atoms with Crippen molar-refractivity contribution in [2.24, 2.45) is 0 Å². The second-order valence-electron chi connectivity index (χ2n) is 5.86. The monoisotopic (exact) mass is 341 g/mol. The van der Waals surface area contributed by atoms with Gasteiger partial charge in [0.05, 0.1) is 6.04 Å². The summed E-state index contributed by atoms with van der Waals surface area (Å²) in [5, 5.41) is 6.82. The zero-order valence-corrected chi connectivity index (χ0v) is 14.5. The fraction of sp³-hybridized carbons (Fsp3) is 0.211. The van der Waals surface area contributed by atoms with E-state index in [9.17, 15) is 4.79 Å². The van der Waals surface area contributed by atoms with E-state index in [1.54, 1.807) is 36.2 Å².